The lowest BCUT2D eigenvalue weighted by molar-refractivity contribution is 0.135. The summed E-state index contributed by atoms with van der Waals surface area (Å²) in [5, 5.41) is 0.496. The van der Waals surface area contributed by atoms with Gasteiger partial charge in [-0.25, -0.2) is 13.2 Å². The Kier molecular flexibility index (Phi) is 5.07. The van der Waals surface area contributed by atoms with Crippen LogP contribution in [0.25, 0.3) is 0 Å². The molecule has 0 spiro atoms. The van der Waals surface area contributed by atoms with Crippen molar-refractivity contribution >= 4 is 33.4 Å². The summed E-state index contributed by atoms with van der Waals surface area (Å²) < 4.78 is 32.5. The van der Waals surface area contributed by atoms with E-state index in [0.717, 1.165) is 16.8 Å². The Morgan fingerprint density at radius 3 is 2.43 bits per heavy atom. The fourth-order valence-electron chi connectivity index (χ4n) is 3.81. The van der Waals surface area contributed by atoms with Crippen LogP contribution in [0.15, 0.2) is 47.4 Å². The first-order chi connectivity index (χ1) is 13.4. The molecule has 8 heteroatoms. The van der Waals surface area contributed by atoms with Crippen LogP contribution in [0.3, 0.4) is 0 Å². The molecular formula is C20H21ClN2O4S. The van der Waals surface area contributed by atoms with Crippen molar-refractivity contribution in [3.63, 3.8) is 0 Å². The molecule has 0 atom stereocenters. The number of sulfonamides is 1. The molecule has 2 aliphatic heterocycles. The second-order valence-electron chi connectivity index (χ2n) is 7.15. The van der Waals surface area contributed by atoms with Crippen molar-refractivity contribution in [2.24, 2.45) is 0 Å². The highest BCUT2D eigenvalue weighted by atomic mass is 35.5. The third-order valence-electron chi connectivity index (χ3n) is 5.28. The molecule has 1 saturated heterocycles. The predicted molar refractivity (Wildman–Crippen MR) is 107 cm³/mol. The Morgan fingerprint density at radius 2 is 1.75 bits per heavy atom. The zero-order chi connectivity index (χ0) is 19.9. The number of hydrogen-bond donors (Lipinski definition) is 0. The molecule has 2 aromatic rings. The molecule has 4 rings (SSSR count). The summed E-state index contributed by atoms with van der Waals surface area (Å²) in [6.45, 7) is 2.97. The van der Waals surface area contributed by atoms with Crippen LogP contribution < -0.4 is 4.90 Å². The molecule has 6 nitrogen and oxygen atoms in total. The molecule has 0 N–H and O–H groups in total. The Hall–Kier alpha value is -2.09. The number of hydrogen-bond acceptors (Lipinski definition) is 4. The SMILES string of the molecule is Cc1ccc2c(c1)COC(=O)N2C1CCN(S(=O)(=O)c2ccc(Cl)cc2)CC1. The van der Waals surface area contributed by atoms with E-state index in [1.807, 2.05) is 25.1 Å². The number of nitrogens with zero attached hydrogens (tertiary/aromatic N) is 2. The molecular weight excluding hydrogens is 400 g/mol. The number of halogens is 1. The quantitative estimate of drug-likeness (QED) is 0.753. The second-order valence-corrected chi connectivity index (χ2v) is 9.52. The fourth-order valence-corrected chi connectivity index (χ4v) is 5.41. The van der Waals surface area contributed by atoms with Gasteiger partial charge in [-0.05, 0) is 50.1 Å². The van der Waals surface area contributed by atoms with Crippen LogP contribution >= 0.6 is 11.6 Å². The molecule has 0 radical (unpaired) electrons. The van der Waals surface area contributed by atoms with E-state index in [4.69, 9.17) is 16.3 Å². The Labute approximate surface area is 169 Å². The molecule has 0 aliphatic carbocycles. The maximum atomic E-state index is 12.9. The number of carbonyl (C=O) groups is 1. The van der Waals surface area contributed by atoms with Crippen LogP contribution in [-0.4, -0.2) is 37.9 Å². The largest absolute Gasteiger partial charge is 0.444 e. The van der Waals surface area contributed by atoms with Gasteiger partial charge in [0, 0.05) is 29.7 Å². The molecule has 0 unspecified atom stereocenters. The molecule has 0 saturated carbocycles. The van der Waals surface area contributed by atoms with Gasteiger partial charge in [0.05, 0.1) is 10.6 Å². The Morgan fingerprint density at radius 1 is 1.07 bits per heavy atom. The number of fused-ring (bicyclic) bond motifs is 1. The van der Waals surface area contributed by atoms with Gasteiger partial charge in [0.2, 0.25) is 10.0 Å². The molecule has 2 aromatic carbocycles. The number of benzene rings is 2. The van der Waals surface area contributed by atoms with Gasteiger partial charge in [-0.3, -0.25) is 4.90 Å². The van der Waals surface area contributed by atoms with E-state index >= 15 is 0 Å². The van der Waals surface area contributed by atoms with Crippen LogP contribution in [-0.2, 0) is 21.4 Å². The van der Waals surface area contributed by atoms with Crippen LogP contribution in [0.4, 0.5) is 10.5 Å². The van der Waals surface area contributed by atoms with Crippen molar-refractivity contribution in [1.82, 2.24) is 4.31 Å². The van der Waals surface area contributed by atoms with Gasteiger partial charge in [0.25, 0.3) is 0 Å². The third kappa shape index (κ3) is 3.50. The van der Waals surface area contributed by atoms with Crippen molar-refractivity contribution < 1.29 is 17.9 Å². The number of rotatable bonds is 3. The number of piperidine rings is 1. The smallest absolute Gasteiger partial charge is 0.414 e. The zero-order valence-electron chi connectivity index (χ0n) is 15.5. The molecule has 148 valence electrons. The highest BCUT2D eigenvalue weighted by Gasteiger charge is 2.37. The summed E-state index contributed by atoms with van der Waals surface area (Å²) in [6.07, 6.45) is 0.736. The van der Waals surface area contributed by atoms with E-state index in [9.17, 15) is 13.2 Å². The van der Waals surface area contributed by atoms with E-state index in [0.29, 0.717) is 31.0 Å². The van der Waals surface area contributed by atoms with Crippen LogP contribution in [0, 0.1) is 6.92 Å². The van der Waals surface area contributed by atoms with Gasteiger partial charge in [-0.2, -0.15) is 4.31 Å². The summed E-state index contributed by atoms with van der Waals surface area (Å²) in [4.78, 5) is 14.3. The van der Waals surface area contributed by atoms with E-state index in [1.54, 1.807) is 17.0 Å². The topological polar surface area (TPSA) is 66.9 Å². The lowest BCUT2D eigenvalue weighted by Gasteiger charge is -2.39. The molecule has 2 aliphatic rings. The maximum Gasteiger partial charge on any atom is 0.414 e. The maximum absolute atomic E-state index is 12.9. The number of aryl methyl sites for hydroxylation is 1. The molecule has 1 amide bonds. The number of cyclic esters (lactones) is 1. The Bertz CT molecular complexity index is 999. The Balaban J connectivity index is 1.52. The first kappa shape index (κ1) is 19.2. The average Bonchev–Trinajstić information content (AvgIpc) is 2.68. The van der Waals surface area contributed by atoms with Gasteiger partial charge < -0.3 is 4.74 Å². The molecule has 0 bridgehead atoms. The lowest BCUT2D eigenvalue weighted by atomic mass is 10.0. The normalized spacial score (nSPS) is 18.6. The summed E-state index contributed by atoms with van der Waals surface area (Å²) in [6, 6.07) is 12.0. The highest BCUT2D eigenvalue weighted by molar-refractivity contribution is 7.89. The molecule has 2 heterocycles. The van der Waals surface area contributed by atoms with Crippen LogP contribution in [0.5, 0.6) is 0 Å². The minimum absolute atomic E-state index is 0.0917. The van der Waals surface area contributed by atoms with Gasteiger partial charge in [-0.15, -0.1) is 0 Å². The van der Waals surface area contributed by atoms with E-state index in [2.05, 4.69) is 0 Å². The van der Waals surface area contributed by atoms with Crippen molar-refractivity contribution in [1.29, 1.82) is 0 Å². The monoisotopic (exact) mass is 420 g/mol. The van der Waals surface area contributed by atoms with Gasteiger partial charge >= 0.3 is 6.09 Å². The first-order valence-corrected chi connectivity index (χ1v) is 11.0. The fraction of sp³-hybridized carbons (Fsp3) is 0.350. The van der Waals surface area contributed by atoms with E-state index in [-0.39, 0.29) is 23.6 Å². The lowest BCUT2D eigenvalue weighted by Crippen LogP contribution is -2.50. The first-order valence-electron chi connectivity index (χ1n) is 9.17. The number of ether oxygens (including phenoxy) is 1. The van der Waals surface area contributed by atoms with E-state index < -0.39 is 10.0 Å². The van der Waals surface area contributed by atoms with Crippen molar-refractivity contribution in [2.75, 3.05) is 18.0 Å². The standard InChI is InChI=1S/C20H21ClN2O4S/c1-14-2-7-19-15(12-14)13-27-20(24)23(19)17-8-10-22(11-9-17)28(25,26)18-5-3-16(21)4-6-18/h2-7,12,17H,8-11,13H2,1H3. The van der Waals surface area contributed by atoms with Crippen LogP contribution in [0.1, 0.15) is 24.0 Å². The molecule has 1 fully saturated rings. The second kappa shape index (κ2) is 7.39. The minimum atomic E-state index is -3.57. The summed E-state index contributed by atoms with van der Waals surface area (Å²) in [7, 11) is -3.57. The molecule has 28 heavy (non-hydrogen) atoms. The summed E-state index contributed by atoms with van der Waals surface area (Å²) in [5.41, 5.74) is 2.96. The van der Waals surface area contributed by atoms with Crippen LogP contribution in [0.2, 0.25) is 5.02 Å². The van der Waals surface area contributed by atoms with Gasteiger partial charge in [0.15, 0.2) is 0 Å². The third-order valence-corrected chi connectivity index (χ3v) is 7.45. The zero-order valence-corrected chi connectivity index (χ0v) is 17.0. The van der Waals surface area contributed by atoms with Crippen molar-refractivity contribution in [3.05, 3.63) is 58.6 Å². The van der Waals surface area contributed by atoms with Crippen molar-refractivity contribution in [3.8, 4) is 0 Å². The number of carbonyl (C=O) groups excluding carboxylic acids is 1. The van der Waals surface area contributed by atoms with Gasteiger partial charge in [-0.1, -0.05) is 29.3 Å². The minimum Gasteiger partial charge on any atom is -0.444 e. The predicted octanol–water partition coefficient (Wildman–Crippen LogP) is 3.96. The molecule has 0 aromatic heterocycles. The number of amides is 1. The van der Waals surface area contributed by atoms with Gasteiger partial charge in [0.1, 0.15) is 6.61 Å². The number of anilines is 1. The summed E-state index contributed by atoms with van der Waals surface area (Å²) >= 11 is 5.86. The highest BCUT2D eigenvalue weighted by Crippen LogP contribution is 2.33. The van der Waals surface area contributed by atoms with Crippen molar-refractivity contribution in [2.45, 2.75) is 37.3 Å². The van der Waals surface area contributed by atoms with E-state index in [1.165, 1.54) is 16.4 Å². The average molecular weight is 421 g/mol. The summed E-state index contributed by atoms with van der Waals surface area (Å²) in [5.74, 6) is 0.